The SMILES string of the molecule is Cc1cccc(NC(N)=NCc2ccc(OCC(F)(F)F)nc2)c1. The minimum absolute atomic E-state index is 0.0917. The molecule has 8 heteroatoms. The number of hydrogen-bond donors (Lipinski definition) is 2. The van der Waals surface area contributed by atoms with Gasteiger partial charge in [0.25, 0.3) is 0 Å². The maximum atomic E-state index is 12.0. The van der Waals surface area contributed by atoms with Crippen LogP contribution in [-0.4, -0.2) is 23.7 Å². The molecular weight excluding hydrogens is 321 g/mol. The molecule has 1 heterocycles. The largest absolute Gasteiger partial charge is 0.468 e. The molecule has 0 saturated heterocycles. The first kappa shape index (κ1) is 17.6. The Morgan fingerprint density at radius 1 is 1.29 bits per heavy atom. The molecule has 5 nitrogen and oxygen atoms in total. The smallest absolute Gasteiger partial charge is 0.422 e. The summed E-state index contributed by atoms with van der Waals surface area (Å²) in [6.07, 6.45) is -2.99. The lowest BCUT2D eigenvalue weighted by molar-refractivity contribution is -0.154. The van der Waals surface area contributed by atoms with Gasteiger partial charge in [0.1, 0.15) is 0 Å². The maximum Gasteiger partial charge on any atom is 0.422 e. The van der Waals surface area contributed by atoms with Gasteiger partial charge >= 0.3 is 6.18 Å². The molecule has 0 radical (unpaired) electrons. The van der Waals surface area contributed by atoms with Gasteiger partial charge in [-0.25, -0.2) is 9.98 Å². The van der Waals surface area contributed by atoms with Gasteiger partial charge in [-0.15, -0.1) is 0 Å². The quantitative estimate of drug-likeness (QED) is 0.648. The first-order valence-corrected chi connectivity index (χ1v) is 7.10. The van der Waals surface area contributed by atoms with Gasteiger partial charge in [-0.1, -0.05) is 18.2 Å². The van der Waals surface area contributed by atoms with E-state index in [9.17, 15) is 13.2 Å². The lowest BCUT2D eigenvalue weighted by Gasteiger charge is -2.08. The van der Waals surface area contributed by atoms with E-state index < -0.39 is 12.8 Å². The fourth-order valence-electron chi connectivity index (χ4n) is 1.83. The number of pyridine rings is 1. The molecule has 1 aromatic heterocycles. The third-order valence-corrected chi connectivity index (χ3v) is 2.90. The number of aryl methyl sites for hydroxylation is 1. The molecule has 0 unspecified atom stereocenters. The van der Waals surface area contributed by atoms with Crippen molar-refractivity contribution < 1.29 is 17.9 Å². The van der Waals surface area contributed by atoms with Gasteiger partial charge in [-0.3, -0.25) is 0 Å². The monoisotopic (exact) mass is 338 g/mol. The Morgan fingerprint density at radius 3 is 2.71 bits per heavy atom. The normalized spacial score (nSPS) is 12.1. The molecule has 0 saturated carbocycles. The minimum atomic E-state index is -4.39. The summed E-state index contributed by atoms with van der Waals surface area (Å²) < 4.78 is 40.7. The predicted octanol–water partition coefficient (Wildman–Crippen LogP) is 3.26. The molecular formula is C16H17F3N4O. The van der Waals surface area contributed by atoms with Crippen LogP contribution in [0, 0.1) is 6.92 Å². The van der Waals surface area contributed by atoms with Gasteiger partial charge in [0.05, 0.1) is 6.54 Å². The molecule has 2 rings (SSSR count). The van der Waals surface area contributed by atoms with E-state index in [1.165, 1.54) is 12.3 Å². The van der Waals surface area contributed by atoms with E-state index in [2.05, 4.69) is 20.0 Å². The Bertz CT molecular complexity index is 699. The van der Waals surface area contributed by atoms with Gasteiger partial charge in [0, 0.05) is 18.0 Å². The molecule has 0 aliphatic carbocycles. The number of guanidine groups is 1. The summed E-state index contributed by atoms with van der Waals surface area (Å²) >= 11 is 0. The molecule has 0 bridgehead atoms. The average molecular weight is 338 g/mol. The van der Waals surface area contributed by atoms with Crippen molar-refractivity contribution >= 4 is 11.6 Å². The Labute approximate surface area is 137 Å². The summed E-state index contributed by atoms with van der Waals surface area (Å²) in [6, 6.07) is 10.6. The second kappa shape index (κ2) is 7.67. The van der Waals surface area contributed by atoms with Crippen LogP contribution < -0.4 is 15.8 Å². The van der Waals surface area contributed by atoms with Gasteiger partial charge < -0.3 is 15.8 Å². The number of benzene rings is 1. The van der Waals surface area contributed by atoms with Crippen molar-refractivity contribution in [3.8, 4) is 5.88 Å². The third-order valence-electron chi connectivity index (χ3n) is 2.90. The van der Waals surface area contributed by atoms with E-state index >= 15 is 0 Å². The highest BCUT2D eigenvalue weighted by Gasteiger charge is 2.28. The number of hydrogen-bond acceptors (Lipinski definition) is 3. The van der Waals surface area contributed by atoms with Gasteiger partial charge in [0.2, 0.25) is 5.88 Å². The Hall–Kier alpha value is -2.77. The molecule has 0 fully saturated rings. The lowest BCUT2D eigenvalue weighted by atomic mass is 10.2. The molecule has 0 aliphatic rings. The van der Waals surface area contributed by atoms with Crippen LogP contribution in [0.3, 0.4) is 0 Å². The maximum absolute atomic E-state index is 12.0. The van der Waals surface area contributed by atoms with Crippen LogP contribution in [0.25, 0.3) is 0 Å². The molecule has 128 valence electrons. The predicted molar refractivity (Wildman–Crippen MR) is 85.9 cm³/mol. The Morgan fingerprint density at radius 2 is 2.08 bits per heavy atom. The summed E-state index contributed by atoms with van der Waals surface area (Å²) in [7, 11) is 0. The van der Waals surface area contributed by atoms with Gasteiger partial charge in [0.15, 0.2) is 12.6 Å². The fraction of sp³-hybridized carbons (Fsp3) is 0.250. The second-order valence-electron chi connectivity index (χ2n) is 5.10. The van der Waals surface area contributed by atoms with Crippen LogP contribution >= 0.6 is 0 Å². The number of aromatic nitrogens is 1. The topological polar surface area (TPSA) is 72.5 Å². The van der Waals surface area contributed by atoms with Crippen LogP contribution in [0.5, 0.6) is 5.88 Å². The van der Waals surface area contributed by atoms with E-state index in [-0.39, 0.29) is 18.4 Å². The average Bonchev–Trinajstić information content (AvgIpc) is 2.51. The highest BCUT2D eigenvalue weighted by atomic mass is 19.4. The zero-order chi connectivity index (χ0) is 17.6. The van der Waals surface area contributed by atoms with E-state index in [0.29, 0.717) is 5.56 Å². The molecule has 24 heavy (non-hydrogen) atoms. The number of anilines is 1. The van der Waals surface area contributed by atoms with Crippen LogP contribution in [0.2, 0.25) is 0 Å². The van der Waals surface area contributed by atoms with Crippen LogP contribution in [0.4, 0.5) is 18.9 Å². The number of aliphatic imine (C=N–C) groups is 1. The Kier molecular flexibility index (Phi) is 5.62. The van der Waals surface area contributed by atoms with E-state index in [4.69, 9.17) is 5.73 Å². The van der Waals surface area contributed by atoms with Crippen LogP contribution in [0.1, 0.15) is 11.1 Å². The van der Waals surface area contributed by atoms with Gasteiger partial charge in [-0.2, -0.15) is 13.2 Å². The summed E-state index contributed by atoms with van der Waals surface area (Å²) in [5.41, 5.74) is 8.41. The number of ether oxygens (including phenoxy) is 1. The van der Waals surface area contributed by atoms with Crippen molar-refractivity contribution in [3.05, 3.63) is 53.7 Å². The number of nitrogens with zero attached hydrogens (tertiary/aromatic N) is 2. The zero-order valence-electron chi connectivity index (χ0n) is 13.0. The van der Waals surface area contributed by atoms with E-state index in [1.807, 2.05) is 31.2 Å². The second-order valence-corrected chi connectivity index (χ2v) is 5.10. The molecule has 1 aromatic carbocycles. The van der Waals surface area contributed by atoms with Crippen molar-refractivity contribution in [3.63, 3.8) is 0 Å². The van der Waals surface area contributed by atoms with Crippen molar-refractivity contribution in [2.75, 3.05) is 11.9 Å². The Balaban J connectivity index is 1.89. The molecule has 0 spiro atoms. The lowest BCUT2D eigenvalue weighted by Crippen LogP contribution is -2.22. The number of nitrogens with two attached hydrogens (primary N) is 1. The summed E-state index contributed by atoms with van der Waals surface area (Å²) in [6.45, 7) is 0.842. The molecule has 0 amide bonds. The number of nitrogens with one attached hydrogen (secondary N) is 1. The molecule has 0 aliphatic heterocycles. The standard InChI is InChI=1S/C16H17F3N4O/c1-11-3-2-4-13(7-11)23-15(20)22-9-12-5-6-14(21-8-12)24-10-16(17,18)19/h2-8H,9-10H2,1H3,(H3,20,22,23). The van der Waals surface area contributed by atoms with Crippen molar-refractivity contribution in [1.82, 2.24) is 4.98 Å². The summed E-state index contributed by atoms with van der Waals surface area (Å²) in [4.78, 5) is 7.96. The summed E-state index contributed by atoms with van der Waals surface area (Å²) in [5, 5.41) is 2.96. The fourth-order valence-corrected chi connectivity index (χ4v) is 1.83. The van der Waals surface area contributed by atoms with Crippen LogP contribution in [0.15, 0.2) is 47.6 Å². The van der Waals surface area contributed by atoms with E-state index in [1.54, 1.807) is 6.07 Å². The van der Waals surface area contributed by atoms with E-state index in [0.717, 1.165) is 11.3 Å². The van der Waals surface area contributed by atoms with Crippen molar-refractivity contribution in [1.29, 1.82) is 0 Å². The highest BCUT2D eigenvalue weighted by Crippen LogP contribution is 2.17. The minimum Gasteiger partial charge on any atom is -0.468 e. The number of rotatable bonds is 5. The van der Waals surface area contributed by atoms with Crippen LogP contribution in [-0.2, 0) is 6.54 Å². The van der Waals surface area contributed by atoms with Crippen molar-refractivity contribution in [2.45, 2.75) is 19.6 Å². The van der Waals surface area contributed by atoms with Gasteiger partial charge in [-0.05, 0) is 30.2 Å². The first-order valence-electron chi connectivity index (χ1n) is 7.10. The van der Waals surface area contributed by atoms with Crippen molar-refractivity contribution in [2.24, 2.45) is 10.7 Å². The number of alkyl halides is 3. The third kappa shape index (κ3) is 6.15. The number of halogens is 3. The molecule has 3 N–H and O–H groups in total. The molecule has 2 aromatic rings. The molecule has 0 atom stereocenters. The first-order chi connectivity index (χ1) is 11.3. The zero-order valence-corrected chi connectivity index (χ0v) is 13.0. The highest BCUT2D eigenvalue weighted by molar-refractivity contribution is 5.92. The summed E-state index contributed by atoms with van der Waals surface area (Å²) in [5.74, 6) is 0.143.